The smallest absolute Gasteiger partial charge is 0.251 e. The van der Waals surface area contributed by atoms with Crippen LogP contribution in [0.1, 0.15) is 101 Å². The van der Waals surface area contributed by atoms with Gasteiger partial charge in [-0.1, -0.05) is 84.3 Å². The third-order valence-electron chi connectivity index (χ3n) is 12.7. The lowest BCUT2D eigenvalue weighted by Crippen LogP contribution is -2.74. The van der Waals surface area contributed by atoms with Crippen LogP contribution in [0.3, 0.4) is 0 Å². The number of hydrogen-bond donors (Lipinski definition) is 4. The molecule has 2 fully saturated rings. The van der Waals surface area contributed by atoms with Crippen molar-refractivity contribution in [3.05, 3.63) is 101 Å². The van der Waals surface area contributed by atoms with Crippen molar-refractivity contribution in [2.75, 3.05) is 26.4 Å². The standard InChI is InChI=1S/C51H63ClN6O9/c1-31-42(66-30-55-31)33-14-12-32(13-15-33)27-54-45(62)40-24-36(59)28-58(40)46(63)43(49(2,3)4)56-41(60)29-64-22-10-9-11-23-65-37-19-16-34(17-20-37)44(61)57-47-50(5,6)48(51(47,7)8)67-38-21-18-35(26-53)39(52)25-38/h12-21,25,30,36,40,43,47-48,59H,9-11,22-24,27-29H2,1-8H3,(H,54,62)(H,56,60)(H,57,61)/t36-,40+,43-,47?,48?/m1/s1. The summed E-state index contributed by atoms with van der Waals surface area (Å²) < 4.78 is 23.4. The fraction of sp³-hybridized carbons (Fsp3) is 0.490. The number of aliphatic hydroxyl groups is 1. The molecule has 4 amide bonds. The summed E-state index contributed by atoms with van der Waals surface area (Å²) in [6.45, 7) is 16.3. The van der Waals surface area contributed by atoms with Gasteiger partial charge in [-0.2, -0.15) is 5.26 Å². The minimum absolute atomic E-state index is 0.0246. The maximum atomic E-state index is 14.0. The van der Waals surface area contributed by atoms with Crippen molar-refractivity contribution in [2.24, 2.45) is 16.2 Å². The molecule has 358 valence electrons. The SMILES string of the molecule is Cc1ncoc1-c1ccc(CNC(=O)[C@@H]2C[C@@H](O)CN2C(=O)[C@@H](NC(=O)COCCCCCOc2ccc(C(=O)NC3C(C)(C)C(Oc4ccc(C#N)c(Cl)c4)C3(C)C)cc2)C(C)(C)C)cc1. The first-order chi connectivity index (χ1) is 31.7. The third kappa shape index (κ3) is 12.2. The van der Waals surface area contributed by atoms with E-state index in [1.54, 1.807) is 42.5 Å². The molecule has 3 atom stereocenters. The number of likely N-dealkylation sites (tertiary alicyclic amines) is 1. The van der Waals surface area contributed by atoms with Crippen molar-refractivity contribution in [3.8, 4) is 28.9 Å². The number of carbonyl (C=O) groups excluding carboxylic acids is 4. The van der Waals surface area contributed by atoms with Crippen molar-refractivity contribution in [1.82, 2.24) is 25.8 Å². The topological polar surface area (TPSA) is 205 Å². The molecule has 1 aromatic heterocycles. The summed E-state index contributed by atoms with van der Waals surface area (Å²) in [4.78, 5) is 59.3. The van der Waals surface area contributed by atoms with Crippen molar-refractivity contribution in [3.63, 3.8) is 0 Å². The molecule has 16 heteroatoms. The van der Waals surface area contributed by atoms with E-state index in [0.717, 1.165) is 29.7 Å². The van der Waals surface area contributed by atoms with Gasteiger partial charge in [-0.05, 0) is 73.6 Å². The third-order valence-corrected chi connectivity index (χ3v) is 13.0. The average Bonchev–Trinajstić information content (AvgIpc) is 3.91. The second-order valence-electron chi connectivity index (χ2n) is 19.7. The van der Waals surface area contributed by atoms with Crippen LogP contribution >= 0.6 is 11.6 Å². The number of rotatable bonds is 19. The van der Waals surface area contributed by atoms with E-state index in [4.69, 9.17) is 30.2 Å². The van der Waals surface area contributed by atoms with Gasteiger partial charge in [0.05, 0.1) is 29.0 Å². The number of halogens is 1. The maximum Gasteiger partial charge on any atom is 0.251 e. The molecule has 0 spiro atoms. The monoisotopic (exact) mass is 938 g/mol. The first-order valence-electron chi connectivity index (χ1n) is 22.7. The van der Waals surface area contributed by atoms with Gasteiger partial charge in [0, 0.05) is 60.2 Å². The summed E-state index contributed by atoms with van der Waals surface area (Å²) in [5.74, 6) is 0.403. The van der Waals surface area contributed by atoms with Crippen LogP contribution in [-0.2, 0) is 25.7 Å². The summed E-state index contributed by atoms with van der Waals surface area (Å²) >= 11 is 6.23. The zero-order valence-corrected chi connectivity index (χ0v) is 40.4. The number of aromatic nitrogens is 1. The van der Waals surface area contributed by atoms with Crippen LogP contribution < -0.4 is 25.4 Å². The minimum atomic E-state index is -0.963. The summed E-state index contributed by atoms with van der Waals surface area (Å²) in [7, 11) is 0. The summed E-state index contributed by atoms with van der Waals surface area (Å²) in [6, 6.07) is 19.6. The van der Waals surface area contributed by atoms with E-state index in [2.05, 4.69) is 54.7 Å². The number of oxazole rings is 1. The normalized spacial score (nSPS) is 19.9. The van der Waals surface area contributed by atoms with Gasteiger partial charge < -0.3 is 44.6 Å². The number of benzene rings is 3. The van der Waals surface area contributed by atoms with Crippen molar-refractivity contribution < 1.29 is 42.9 Å². The van der Waals surface area contributed by atoms with Gasteiger partial charge in [0.1, 0.15) is 42.4 Å². The number of ether oxygens (including phenoxy) is 3. The lowest BCUT2D eigenvalue weighted by molar-refractivity contribution is -0.164. The van der Waals surface area contributed by atoms with Gasteiger partial charge in [-0.3, -0.25) is 19.2 Å². The molecule has 1 aliphatic carbocycles. The predicted molar refractivity (Wildman–Crippen MR) is 252 cm³/mol. The number of nitriles is 1. The molecule has 0 bridgehead atoms. The number of β-amino-alcohol motifs (C(OH)–C–C–N with tert-alkyl or cyclic N) is 1. The predicted octanol–water partition coefficient (Wildman–Crippen LogP) is 7.16. The van der Waals surface area contributed by atoms with Crippen LogP contribution in [0.2, 0.25) is 5.02 Å². The highest BCUT2D eigenvalue weighted by Crippen LogP contribution is 2.55. The van der Waals surface area contributed by atoms with E-state index < -0.39 is 46.2 Å². The highest BCUT2D eigenvalue weighted by atomic mass is 35.5. The minimum Gasteiger partial charge on any atom is -0.494 e. The fourth-order valence-electron chi connectivity index (χ4n) is 9.33. The highest BCUT2D eigenvalue weighted by molar-refractivity contribution is 6.31. The molecule has 2 aliphatic rings. The number of nitrogens with one attached hydrogen (secondary N) is 3. The van der Waals surface area contributed by atoms with Crippen molar-refractivity contribution in [2.45, 2.75) is 118 Å². The number of carbonyl (C=O) groups is 4. The Labute approximate surface area is 397 Å². The molecule has 0 radical (unpaired) electrons. The summed E-state index contributed by atoms with van der Waals surface area (Å²) in [5, 5.41) is 29.0. The lowest BCUT2D eigenvalue weighted by Gasteiger charge is -2.63. The first-order valence-corrected chi connectivity index (χ1v) is 23.1. The van der Waals surface area contributed by atoms with Gasteiger partial charge in [-0.15, -0.1) is 0 Å². The number of aryl methyl sites for hydroxylation is 1. The second kappa shape index (κ2) is 21.3. The highest BCUT2D eigenvalue weighted by Gasteiger charge is 2.64. The zero-order chi connectivity index (χ0) is 48.7. The van der Waals surface area contributed by atoms with Gasteiger partial charge >= 0.3 is 0 Å². The van der Waals surface area contributed by atoms with E-state index in [-0.39, 0.29) is 50.1 Å². The van der Waals surface area contributed by atoms with Crippen LogP contribution in [0.4, 0.5) is 0 Å². The largest absolute Gasteiger partial charge is 0.494 e. The van der Waals surface area contributed by atoms with Gasteiger partial charge in [0.15, 0.2) is 12.2 Å². The number of hydrogen-bond acceptors (Lipinski definition) is 11. The maximum absolute atomic E-state index is 14.0. The molecule has 6 rings (SSSR count). The number of unbranched alkanes of at least 4 members (excludes halogenated alkanes) is 2. The Morgan fingerprint density at radius 3 is 2.27 bits per heavy atom. The molecular formula is C51H63ClN6O9. The lowest BCUT2D eigenvalue weighted by atomic mass is 9.49. The first kappa shape index (κ1) is 50.5. The molecule has 67 heavy (non-hydrogen) atoms. The van der Waals surface area contributed by atoms with Crippen LogP contribution in [-0.4, -0.2) is 95.3 Å². The molecular weight excluding hydrogens is 876 g/mol. The number of aliphatic hydroxyl groups excluding tert-OH is 1. The fourth-order valence-corrected chi connectivity index (χ4v) is 9.55. The van der Waals surface area contributed by atoms with Crippen molar-refractivity contribution in [1.29, 1.82) is 5.26 Å². The molecule has 4 N–H and O–H groups in total. The summed E-state index contributed by atoms with van der Waals surface area (Å²) in [6.07, 6.45) is 2.60. The van der Waals surface area contributed by atoms with E-state index in [9.17, 15) is 29.5 Å². The van der Waals surface area contributed by atoms with Crippen LogP contribution in [0, 0.1) is 34.5 Å². The Kier molecular flexibility index (Phi) is 16.1. The van der Waals surface area contributed by atoms with Gasteiger partial charge in [0.25, 0.3) is 5.91 Å². The molecule has 3 aromatic carbocycles. The van der Waals surface area contributed by atoms with E-state index in [1.165, 1.54) is 11.3 Å². The van der Waals surface area contributed by atoms with Gasteiger partial charge in [0.2, 0.25) is 17.7 Å². The van der Waals surface area contributed by atoms with Crippen LogP contribution in [0.15, 0.2) is 77.5 Å². The van der Waals surface area contributed by atoms with Crippen LogP contribution in [0.25, 0.3) is 11.3 Å². The quantitative estimate of drug-likeness (QED) is 0.0695. The Morgan fingerprint density at radius 1 is 0.970 bits per heavy atom. The van der Waals surface area contributed by atoms with Crippen LogP contribution in [0.5, 0.6) is 11.5 Å². The molecule has 1 saturated heterocycles. The molecule has 2 heterocycles. The van der Waals surface area contributed by atoms with E-state index in [0.29, 0.717) is 53.0 Å². The molecule has 15 nitrogen and oxygen atoms in total. The molecule has 1 aliphatic heterocycles. The van der Waals surface area contributed by atoms with E-state index in [1.807, 2.05) is 52.0 Å². The number of amides is 4. The zero-order valence-electron chi connectivity index (χ0n) is 39.6. The molecule has 4 aromatic rings. The Balaban J connectivity index is 0.878. The second-order valence-corrected chi connectivity index (χ2v) is 20.1. The average molecular weight is 940 g/mol. The Morgan fingerprint density at radius 2 is 1.64 bits per heavy atom. The summed E-state index contributed by atoms with van der Waals surface area (Å²) in [5.41, 5.74) is 1.90. The Bertz CT molecular complexity index is 2410. The molecule has 0 unspecified atom stereocenters. The molecule has 1 saturated carbocycles. The Hall–Kier alpha value is -5.95. The van der Waals surface area contributed by atoms with Crippen molar-refractivity contribution >= 4 is 35.2 Å². The van der Waals surface area contributed by atoms with Gasteiger partial charge in [-0.25, -0.2) is 4.98 Å². The number of nitrogens with zero attached hydrogens (tertiary/aromatic N) is 3. The van der Waals surface area contributed by atoms with E-state index >= 15 is 0 Å².